The second-order valence-electron chi connectivity index (χ2n) is 8.48. The number of nitrogens with zero attached hydrogens (tertiary/aromatic N) is 2. The van der Waals surface area contributed by atoms with E-state index in [1.165, 1.54) is 17.7 Å². The number of benzene rings is 2. The number of amides is 1. The molecule has 1 N–H and O–H groups in total. The zero-order chi connectivity index (χ0) is 20.9. The number of hydrogen-bond donors (Lipinski definition) is 1. The van der Waals surface area contributed by atoms with E-state index in [4.69, 9.17) is 0 Å². The molecule has 0 saturated carbocycles. The summed E-state index contributed by atoms with van der Waals surface area (Å²) in [5.41, 5.74) is 2.01. The number of piperidine rings is 1. The summed E-state index contributed by atoms with van der Waals surface area (Å²) in [6, 6.07) is 14.5. The molecule has 2 aliphatic heterocycles. The van der Waals surface area contributed by atoms with Crippen LogP contribution >= 0.6 is 0 Å². The maximum Gasteiger partial charge on any atom is 0.223 e. The SMILES string of the molecule is O=C(NCC1CCN(c2ccc(F)c(F)c2)C1)C1CCN(Cc2ccccc2)CC1. The van der Waals surface area contributed by atoms with Gasteiger partial charge >= 0.3 is 0 Å². The molecule has 2 fully saturated rings. The third-order valence-corrected chi connectivity index (χ3v) is 6.33. The van der Waals surface area contributed by atoms with E-state index in [0.717, 1.165) is 52.0 Å². The van der Waals surface area contributed by atoms with Crippen LogP contribution in [0.1, 0.15) is 24.8 Å². The molecule has 4 rings (SSSR count). The molecule has 2 aromatic rings. The Balaban J connectivity index is 1.19. The number of carbonyl (C=O) groups excluding carboxylic acids is 1. The third kappa shape index (κ3) is 5.17. The van der Waals surface area contributed by atoms with E-state index in [9.17, 15) is 13.6 Å². The Bertz CT molecular complexity index is 853. The Morgan fingerprint density at radius 1 is 0.967 bits per heavy atom. The van der Waals surface area contributed by atoms with Crippen LogP contribution in [-0.2, 0) is 11.3 Å². The first-order chi connectivity index (χ1) is 14.6. The molecule has 2 aliphatic rings. The second-order valence-corrected chi connectivity index (χ2v) is 8.48. The molecule has 1 amide bonds. The van der Waals surface area contributed by atoms with Crippen LogP contribution in [0.4, 0.5) is 14.5 Å². The van der Waals surface area contributed by atoms with Crippen LogP contribution in [0.2, 0.25) is 0 Å². The Hall–Kier alpha value is -2.47. The first-order valence-electron chi connectivity index (χ1n) is 10.8. The fourth-order valence-corrected chi connectivity index (χ4v) is 4.50. The van der Waals surface area contributed by atoms with Crippen molar-refractivity contribution in [1.29, 1.82) is 0 Å². The van der Waals surface area contributed by atoms with E-state index in [0.29, 0.717) is 18.2 Å². The maximum atomic E-state index is 13.5. The lowest BCUT2D eigenvalue weighted by molar-refractivity contribution is -0.126. The molecule has 0 aromatic heterocycles. The van der Waals surface area contributed by atoms with Crippen LogP contribution < -0.4 is 10.2 Å². The highest BCUT2D eigenvalue weighted by Crippen LogP contribution is 2.25. The van der Waals surface area contributed by atoms with Crippen molar-refractivity contribution in [2.24, 2.45) is 11.8 Å². The first-order valence-corrected chi connectivity index (χ1v) is 10.8. The Kier molecular flexibility index (Phi) is 6.62. The van der Waals surface area contributed by atoms with Gasteiger partial charge in [0.05, 0.1) is 0 Å². The van der Waals surface area contributed by atoms with Crippen molar-refractivity contribution in [3.63, 3.8) is 0 Å². The quantitative estimate of drug-likeness (QED) is 0.782. The summed E-state index contributed by atoms with van der Waals surface area (Å²) in [6.07, 6.45) is 2.73. The minimum atomic E-state index is -0.823. The second kappa shape index (κ2) is 9.56. The van der Waals surface area contributed by atoms with Crippen LogP contribution in [0.25, 0.3) is 0 Å². The molecule has 0 bridgehead atoms. The van der Waals surface area contributed by atoms with Gasteiger partial charge in [0.25, 0.3) is 0 Å². The minimum Gasteiger partial charge on any atom is -0.371 e. The predicted molar refractivity (Wildman–Crippen MR) is 114 cm³/mol. The van der Waals surface area contributed by atoms with Gasteiger partial charge in [0.1, 0.15) is 0 Å². The Morgan fingerprint density at radius 3 is 2.47 bits per heavy atom. The van der Waals surface area contributed by atoms with Gasteiger partial charge in [-0.05, 0) is 56.0 Å². The maximum absolute atomic E-state index is 13.5. The summed E-state index contributed by atoms with van der Waals surface area (Å²) in [7, 11) is 0. The van der Waals surface area contributed by atoms with Crippen LogP contribution in [0.3, 0.4) is 0 Å². The van der Waals surface area contributed by atoms with Gasteiger partial charge in [-0.25, -0.2) is 8.78 Å². The highest BCUT2D eigenvalue weighted by Gasteiger charge is 2.27. The smallest absolute Gasteiger partial charge is 0.223 e. The van der Waals surface area contributed by atoms with E-state index >= 15 is 0 Å². The van der Waals surface area contributed by atoms with Crippen LogP contribution in [-0.4, -0.2) is 43.5 Å². The van der Waals surface area contributed by atoms with Crippen molar-refractivity contribution < 1.29 is 13.6 Å². The minimum absolute atomic E-state index is 0.0840. The Morgan fingerprint density at radius 2 is 1.73 bits per heavy atom. The zero-order valence-electron chi connectivity index (χ0n) is 17.2. The van der Waals surface area contributed by atoms with Crippen molar-refractivity contribution in [1.82, 2.24) is 10.2 Å². The fourth-order valence-electron chi connectivity index (χ4n) is 4.50. The molecule has 0 spiro atoms. The molecule has 2 aromatic carbocycles. The van der Waals surface area contributed by atoms with Crippen molar-refractivity contribution >= 4 is 11.6 Å². The molecule has 1 unspecified atom stereocenters. The van der Waals surface area contributed by atoms with Gasteiger partial charge in [0.2, 0.25) is 5.91 Å². The third-order valence-electron chi connectivity index (χ3n) is 6.33. The Labute approximate surface area is 176 Å². The number of nitrogens with one attached hydrogen (secondary N) is 1. The summed E-state index contributed by atoms with van der Waals surface area (Å²) in [6.45, 7) is 5.02. The normalized spacial score (nSPS) is 20.5. The van der Waals surface area contributed by atoms with Gasteiger partial charge in [0.15, 0.2) is 11.6 Å². The largest absolute Gasteiger partial charge is 0.371 e. The average molecular weight is 414 g/mol. The summed E-state index contributed by atoms with van der Waals surface area (Å²) in [4.78, 5) is 17.1. The lowest BCUT2D eigenvalue weighted by Gasteiger charge is -2.31. The number of rotatable bonds is 6. The van der Waals surface area contributed by atoms with Gasteiger partial charge in [-0.15, -0.1) is 0 Å². The molecule has 6 heteroatoms. The number of likely N-dealkylation sites (tertiary alicyclic amines) is 1. The topological polar surface area (TPSA) is 35.6 Å². The van der Waals surface area contributed by atoms with E-state index in [-0.39, 0.29) is 11.8 Å². The summed E-state index contributed by atoms with van der Waals surface area (Å²) < 4.78 is 26.6. The van der Waals surface area contributed by atoms with Crippen LogP contribution in [0, 0.1) is 23.5 Å². The van der Waals surface area contributed by atoms with E-state index in [2.05, 4.69) is 39.4 Å². The van der Waals surface area contributed by atoms with Gasteiger partial charge in [-0.1, -0.05) is 30.3 Å². The molecular weight excluding hydrogens is 384 g/mol. The average Bonchev–Trinajstić information content (AvgIpc) is 3.24. The van der Waals surface area contributed by atoms with Crippen molar-refractivity contribution in [3.05, 3.63) is 65.7 Å². The van der Waals surface area contributed by atoms with Crippen molar-refractivity contribution in [3.8, 4) is 0 Å². The van der Waals surface area contributed by atoms with Crippen molar-refractivity contribution in [2.45, 2.75) is 25.8 Å². The van der Waals surface area contributed by atoms with Crippen molar-refractivity contribution in [2.75, 3.05) is 37.6 Å². The number of carbonyl (C=O) groups is 1. The molecule has 1 atom stereocenters. The number of halogens is 2. The summed E-state index contributed by atoms with van der Waals surface area (Å²) in [5.74, 6) is -1.07. The lowest BCUT2D eigenvalue weighted by atomic mass is 9.95. The molecule has 0 aliphatic carbocycles. The van der Waals surface area contributed by atoms with E-state index < -0.39 is 11.6 Å². The molecular formula is C24H29F2N3O. The van der Waals surface area contributed by atoms with Gasteiger partial charge in [0, 0.05) is 43.9 Å². The zero-order valence-corrected chi connectivity index (χ0v) is 17.2. The van der Waals surface area contributed by atoms with E-state index in [1.54, 1.807) is 6.07 Å². The van der Waals surface area contributed by atoms with E-state index in [1.807, 2.05) is 6.07 Å². The molecule has 4 nitrogen and oxygen atoms in total. The number of anilines is 1. The number of hydrogen-bond acceptors (Lipinski definition) is 3. The fraction of sp³-hybridized carbons (Fsp3) is 0.458. The highest BCUT2D eigenvalue weighted by atomic mass is 19.2. The molecule has 160 valence electrons. The molecule has 2 heterocycles. The molecule has 30 heavy (non-hydrogen) atoms. The summed E-state index contributed by atoms with van der Waals surface area (Å²) >= 11 is 0. The van der Waals surface area contributed by atoms with Gasteiger partial charge in [-0.3, -0.25) is 9.69 Å². The monoisotopic (exact) mass is 413 g/mol. The van der Waals surface area contributed by atoms with Gasteiger partial charge in [-0.2, -0.15) is 0 Å². The first kappa shape index (κ1) is 20.8. The highest BCUT2D eigenvalue weighted by molar-refractivity contribution is 5.78. The lowest BCUT2D eigenvalue weighted by Crippen LogP contribution is -2.41. The van der Waals surface area contributed by atoms with Crippen LogP contribution in [0.5, 0.6) is 0 Å². The standard InChI is InChI=1S/C24H29F2N3O/c25-22-7-6-21(14-23(22)26)29-13-8-19(17-29)15-27-24(30)20-9-11-28(12-10-20)16-18-4-2-1-3-5-18/h1-7,14,19-20H,8-13,15-17H2,(H,27,30). The molecule has 0 radical (unpaired) electrons. The molecule has 2 saturated heterocycles. The van der Waals surface area contributed by atoms with Crippen LogP contribution in [0.15, 0.2) is 48.5 Å². The van der Waals surface area contributed by atoms with Gasteiger partial charge < -0.3 is 10.2 Å². The summed E-state index contributed by atoms with van der Waals surface area (Å²) in [5, 5.41) is 3.13. The predicted octanol–water partition coefficient (Wildman–Crippen LogP) is 3.82.